The van der Waals surface area contributed by atoms with E-state index in [1.807, 2.05) is 112 Å². The van der Waals surface area contributed by atoms with E-state index in [1.165, 1.54) is 0 Å². The SMILES string of the molecule is CC(C)(C)OC(=O)N1[C@@H]2CO[C@H]1[C@H](OCc1ccccc1)[C@@H](OCc1ccccc1)[C@@H]2OCc1ccccc1. The van der Waals surface area contributed by atoms with Crippen molar-refractivity contribution < 1.29 is 28.5 Å². The molecule has 3 aromatic rings. The summed E-state index contributed by atoms with van der Waals surface area (Å²) >= 11 is 0. The van der Waals surface area contributed by atoms with Crippen LogP contribution < -0.4 is 0 Å². The van der Waals surface area contributed by atoms with Crippen LogP contribution in [-0.2, 0) is 43.5 Å². The second kappa shape index (κ2) is 12.3. The van der Waals surface area contributed by atoms with E-state index < -0.39 is 36.2 Å². The van der Waals surface area contributed by atoms with Crippen molar-refractivity contribution in [2.45, 2.75) is 76.8 Å². The fraction of sp³-hybridized carbons (Fsp3) is 0.406. The van der Waals surface area contributed by atoms with E-state index in [9.17, 15) is 4.79 Å². The smallest absolute Gasteiger partial charge is 0.412 e. The van der Waals surface area contributed by atoms with Crippen molar-refractivity contribution in [1.82, 2.24) is 4.90 Å². The molecule has 1 amide bonds. The molecule has 0 radical (unpaired) electrons. The summed E-state index contributed by atoms with van der Waals surface area (Å²) in [5.74, 6) is 0. The summed E-state index contributed by atoms with van der Waals surface area (Å²) in [5, 5.41) is 0. The van der Waals surface area contributed by atoms with Gasteiger partial charge in [-0.05, 0) is 37.5 Å². The third-order valence-electron chi connectivity index (χ3n) is 6.84. The zero-order valence-corrected chi connectivity index (χ0v) is 22.8. The molecule has 2 aliphatic heterocycles. The highest BCUT2D eigenvalue weighted by molar-refractivity contribution is 5.69. The molecule has 0 aromatic heterocycles. The van der Waals surface area contributed by atoms with Gasteiger partial charge in [-0.1, -0.05) is 91.0 Å². The average molecular weight is 532 g/mol. The van der Waals surface area contributed by atoms with E-state index in [0.29, 0.717) is 26.4 Å². The number of hydrogen-bond acceptors (Lipinski definition) is 6. The van der Waals surface area contributed by atoms with Gasteiger partial charge in [-0.2, -0.15) is 0 Å². The fourth-order valence-corrected chi connectivity index (χ4v) is 5.05. The summed E-state index contributed by atoms with van der Waals surface area (Å²) < 4.78 is 31.7. The topological polar surface area (TPSA) is 66.5 Å². The molecule has 2 saturated heterocycles. The summed E-state index contributed by atoms with van der Waals surface area (Å²) in [6, 6.07) is 29.6. The zero-order chi connectivity index (χ0) is 27.2. The Morgan fingerprint density at radius 3 is 1.62 bits per heavy atom. The Morgan fingerprint density at radius 2 is 1.15 bits per heavy atom. The number of carbonyl (C=O) groups excluding carboxylic acids is 1. The van der Waals surface area contributed by atoms with E-state index in [2.05, 4.69) is 0 Å². The number of ether oxygens (including phenoxy) is 5. The highest BCUT2D eigenvalue weighted by Crippen LogP contribution is 2.38. The van der Waals surface area contributed by atoms with Gasteiger partial charge >= 0.3 is 6.09 Å². The van der Waals surface area contributed by atoms with E-state index in [-0.39, 0.29) is 6.04 Å². The molecule has 0 N–H and O–H groups in total. The van der Waals surface area contributed by atoms with E-state index in [1.54, 1.807) is 4.90 Å². The van der Waals surface area contributed by atoms with Gasteiger partial charge in [0.25, 0.3) is 0 Å². The molecule has 2 bridgehead atoms. The van der Waals surface area contributed by atoms with Crippen molar-refractivity contribution in [2.24, 2.45) is 0 Å². The quantitative estimate of drug-likeness (QED) is 0.352. The largest absolute Gasteiger partial charge is 0.444 e. The Balaban J connectivity index is 1.45. The number of nitrogens with zero attached hydrogens (tertiary/aromatic N) is 1. The van der Waals surface area contributed by atoms with Gasteiger partial charge in [0.15, 0.2) is 6.23 Å². The Morgan fingerprint density at radius 1 is 0.718 bits per heavy atom. The lowest BCUT2D eigenvalue weighted by molar-refractivity contribution is -0.221. The number of carbonyl (C=O) groups is 1. The van der Waals surface area contributed by atoms with Gasteiger partial charge in [0.1, 0.15) is 23.9 Å². The first kappa shape index (κ1) is 27.3. The van der Waals surface area contributed by atoms with Crippen molar-refractivity contribution >= 4 is 6.09 Å². The number of fused-ring (bicyclic) bond motifs is 2. The van der Waals surface area contributed by atoms with Crippen molar-refractivity contribution in [3.63, 3.8) is 0 Å². The first-order chi connectivity index (χ1) is 18.9. The molecule has 5 rings (SSSR count). The van der Waals surface area contributed by atoms with Gasteiger partial charge in [0, 0.05) is 0 Å². The first-order valence-corrected chi connectivity index (χ1v) is 13.5. The van der Waals surface area contributed by atoms with E-state index >= 15 is 0 Å². The normalized spacial score (nSPS) is 24.5. The molecule has 0 spiro atoms. The molecule has 206 valence electrons. The maximum atomic E-state index is 13.5. The van der Waals surface area contributed by atoms with Gasteiger partial charge in [0.2, 0.25) is 0 Å². The lowest BCUT2D eigenvalue weighted by Crippen LogP contribution is -2.66. The fourth-order valence-electron chi connectivity index (χ4n) is 5.05. The third kappa shape index (κ3) is 6.86. The van der Waals surface area contributed by atoms with Crippen LogP contribution in [0, 0.1) is 0 Å². The van der Waals surface area contributed by atoms with Crippen LogP contribution >= 0.6 is 0 Å². The Hall–Kier alpha value is -3.23. The molecule has 3 aromatic carbocycles. The van der Waals surface area contributed by atoms with Gasteiger partial charge in [-0.3, -0.25) is 4.90 Å². The predicted molar refractivity (Wildman–Crippen MR) is 147 cm³/mol. The van der Waals surface area contributed by atoms with Crippen molar-refractivity contribution in [3.8, 4) is 0 Å². The van der Waals surface area contributed by atoms with Gasteiger partial charge in [-0.15, -0.1) is 0 Å². The highest BCUT2D eigenvalue weighted by atomic mass is 16.6. The number of piperidine rings is 1. The maximum absolute atomic E-state index is 13.5. The van der Waals surface area contributed by atoms with Gasteiger partial charge < -0.3 is 23.7 Å². The molecule has 2 aliphatic rings. The number of hydrogen-bond donors (Lipinski definition) is 0. The molecule has 0 unspecified atom stereocenters. The lowest BCUT2D eigenvalue weighted by atomic mass is 9.94. The lowest BCUT2D eigenvalue weighted by Gasteiger charge is -2.46. The minimum absolute atomic E-state index is 0.305. The van der Waals surface area contributed by atoms with Crippen LogP contribution in [0.4, 0.5) is 4.79 Å². The minimum atomic E-state index is -0.661. The summed E-state index contributed by atoms with van der Waals surface area (Å²) in [7, 11) is 0. The second-order valence-electron chi connectivity index (χ2n) is 11.0. The molecule has 0 saturated carbocycles. The van der Waals surface area contributed by atoms with Gasteiger partial charge in [-0.25, -0.2) is 4.79 Å². The highest BCUT2D eigenvalue weighted by Gasteiger charge is 2.58. The molecule has 7 heteroatoms. The summed E-state index contributed by atoms with van der Waals surface area (Å²) in [4.78, 5) is 15.1. The van der Waals surface area contributed by atoms with E-state index in [0.717, 1.165) is 16.7 Å². The van der Waals surface area contributed by atoms with Crippen LogP contribution in [0.25, 0.3) is 0 Å². The molecule has 0 aliphatic carbocycles. The summed E-state index contributed by atoms with van der Waals surface area (Å²) in [6.45, 7) is 6.97. The van der Waals surface area contributed by atoms with Crippen LogP contribution in [0.1, 0.15) is 37.5 Å². The molecule has 7 nitrogen and oxygen atoms in total. The number of benzene rings is 3. The Bertz CT molecular complexity index is 1120. The van der Waals surface area contributed by atoms with Crippen LogP contribution in [0.15, 0.2) is 91.0 Å². The Labute approximate surface area is 230 Å². The second-order valence-corrected chi connectivity index (χ2v) is 11.0. The average Bonchev–Trinajstić information content (AvgIpc) is 3.31. The van der Waals surface area contributed by atoms with Crippen molar-refractivity contribution in [2.75, 3.05) is 6.61 Å². The molecule has 5 atom stereocenters. The molecular formula is C32H37NO6. The predicted octanol–water partition coefficient (Wildman–Crippen LogP) is 5.72. The first-order valence-electron chi connectivity index (χ1n) is 13.5. The van der Waals surface area contributed by atoms with Crippen LogP contribution in [0.2, 0.25) is 0 Å². The minimum Gasteiger partial charge on any atom is -0.444 e. The molecule has 39 heavy (non-hydrogen) atoms. The number of rotatable bonds is 9. The Kier molecular flexibility index (Phi) is 8.63. The van der Waals surface area contributed by atoms with Crippen molar-refractivity contribution in [1.29, 1.82) is 0 Å². The molecular weight excluding hydrogens is 494 g/mol. The standard InChI is InChI=1S/C32H37NO6/c1-32(2,3)39-31(34)33-26-22-38-30(33)29(37-21-25-17-11-6-12-18-25)28(36-20-24-15-9-5-10-16-24)27(26)35-19-23-13-7-4-8-14-23/h4-18,26-30H,19-22H2,1-3H3/t26-,27-,28+,29-,30+/m1/s1. The maximum Gasteiger partial charge on any atom is 0.412 e. The van der Waals surface area contributed by atoms with E-state index in [4.69, 9.17) is 23.7 Å². The van der Waals surface area contributed by atoms with Gasteiger partial charge in [0.05, 0.1) is 32.5 Å². The van der Waals surface area contributed by atoms with Crippen LogP contribution in [0.3, 0.4) is 0 Å². The van der Waals surface area contributed by atoms with Crippen LogP contribution in [0.5, 0.6) is 0 Å². The van der Waals surface area contributed by atoms with Crippen LogP contribution in [-0.4, -0.2) is 53.8 Å². The summed E-state index contributed by atoms with van der Waals surface area (Å²) in [6.07, 6.45) is -2.68. The third-order valence-corrected chi connectivity index (χ3v) is 6.84. The molecule has 2 fully saturated rings. The monoisotopic (exact) mass is 531 g/mol. The zero-order valence-electron chi connectivity index (χ0n) is 22.8. The number of amides is 1. The van der Waals surface area contributed by atoms with Crippen molar-refractivity contribution in [3.05, 3.63) is 108 Å². The summed E-state index contributed by atoms with van der Waals surface area (Å²) in [5.41, 5.74) is 2.44. The molecule has 2 heterocycles.